The minimum Gasteiger partial charge on any atom is -0.465 e. The second-order valence-electron chi connectivity index (χ2n) is 5.63. The molecule has 5 nitrogen and oxygen atoms in total. The van der Waals surface area contributed by atoms with Gasteiger partial charge in [-0.05, 0) is 13.0 Å². The molecule has 5 heteroatoms. The van der Waals surface area contributed by atoms with E-state index in [9.17, 15) is 9.59 Å². The highest BCUT2D eigenvalue weighted by Gasteiger charge is 2.33. The molecule has 0 aliphatic carbocycles. The second kappa shape index (κ2) is 6.73. The van der Waals surface area contributed by atoms with E-state index in [1.807, 2.05) is 55.6 Å². The average molecular weight is 336 g/mol. The van der Waals surface area contributed by atoms with Crippen LogP contribution in [0.2, 0.25) is 0 Å². The summed E-state index contributed by atoms with van der Waals surface area (Å²) in [5.74, 6) is -1.19. The highest BCUT2D eigenvalue weighted by molar-refractivity contribution is 6.10. The smallest absolute Gasteiger partial charge is 0.404 e. The fraction of sp³-hybridized carbons (Fsp3) is 0.150. The first kappa shape index (κ1) is 16.6. The van der Waals surface area contributed by atoms with Crippen molar-refractivity contribution in [3.63, 3.8) is 0 Å². The van der Waals surface area contributed by atoms with Crippen LogP contribution in [0.15, 0.2) is 54.7 Å². The number of carbonyl (C=O) groups excluding carboxylic acids is 2. The fourth-order valence-electron chi connectivity index (χ4n) is 2.80. The summed E-state index contributed by atoms with van der Waals surface area (Å²) in [7, 11) is 2.58. The Balaban J connectivity index is 2.44. The van der Waals surface area contributed by atoms with E-state index in [0.29, 0.717) is 5.39 Å². The van der Waals surface area contributed by atoms with E-state index in [-0.39, 0.29) is 11.3 Å². The van der Waals surface area contributed by atoms with E-state index in [1.165, 1.54) is 14.2 Å². The van der Waals surface area contributed by atoms with Gasteiger partial charge in [-0.15, -0.1) is 0 Å². The Morgan fingerprint density at radius 2 is 1.52 bits per heavy atom. The summed E-state index contributed by atoms with van der Waals surface area (Å²) in [6.07, 6.45) is 1.82. The summed E-state index contributed by atoms with van der Waals surface area (Å²) in [6.45, 7) is 1.98. The molecule has 25 heavy (non-hydrogen) atoms. The molecule has 1 aromatic heterocycles. The summed E-state index contributed by atoms with van der Waals surface area (Å²) in [5, 5.41) is 1.45. The number of nitrogens with zero attached hydrogens (tertiary/aromatic N) is 1. The standard InChI is InChI=1S/C20H18NO4/c1-13-8-10-15(11-9-13)21-12-14-6-4-5-7-16(14)17(19(22)24-2)18(21)20(23)25-3/h4-12H,1-3H3/q+1. The van der Waals surface area contributed by atoms with E-state index in [4.69, 9.17) is 9.47 Å². The van der Waals surface area contributed by atoms with Gasteiger partial charge in [0.1, 0.15) is 5.56 Å². The highest BCUT2D eigenvalue weighted by atomic mass is 16.5. The Labute approximate surface area is 145 Å². The van der Waals surface area contributed by atoms with Crippen molar-refractivity contribution in [2.24, 2.45) is 0 Å². The van der Waals surface area contributed by atoms with E-state index in [0.717, 1.165) is 16.6 Å². The largest absolute Gasteiger partial charge is 0.465 e. The molecule has 0 unspecified atom stereocenters. The van der Waals surface area contributed by atoms with Crippen LogP contribution in [0.25, 0.3) is 16.5 Å². The first-order chi connectivity index (χ1) is 12.1. The maximum atomic E-state index is 12.5. The lowest BCUT2D eigenvalue weighted by atomic mass is 10.0. The summed E-state index contributed by atoms with van der Waals surface area (Å²) < 4.78 is 11.5. The minimum atomic E-state index is -0.605. The van der Waals surface area contributed by atoms with Crippen LogP contribution in [-0.4, -0.2) is 26.2 Å². The maximum absolute atomic E-state index is 12.5. The molecule has 0 N–H and O–H groups in total. The zero-order chi connectivity index (χ0) is 18.0. The van der Waals surface area contributed by atoms with Crippen LogP contribution >= 0.6 is 0 Å². The zero-order valence-electron chi connectivity index (χ0n) is 14.3. The van der Waals surface area contributed by atoms with Crippen LogP contribution in [0, 0.1) is 6.92 Å². The van der Waals surface area contributed by atoms with Gasteiger partial charge in [-0.2, -0.15) is 4.57 Å². The van der Waals surface area contributed by atoms with Gasteiger partial charge in [0, 0.05) is 22.9 Å². The number of methoxy groups -OCH3 is 2. The molecule has 0 saturated heterocycles. The molecule has 3 rings (SSSR count). The third-order valence-corrected chi connectivity index (χ3v) is 4.06. The third-order valence-electron chi connectivity index (χ3n) is 4.06. The predicted molar refractivity (Wildman–Crippen MR) is 92.9 cm³/mol. The first-order valence-corrected chi connectivity index (χ1v) is 7.78. The number of rotatable bonds is 3. The van der Waals surface area contributed by atoms with Crippen LogP contribution < -0.4 is 4.57 Å². The van der Waals surface area contributed by atoms with Crippen LogP contribution in [-0.2, 0) is 9.47 Å². The number of benzene rings is 2. The van der Waals surface area contributed by atoms with Crippen LogP contribution in [0.3, 0.4) is 0 Å². The third kappa shape index (κ3) is 2.96. The molecule has 0 aliphatic rings. The molecular formula is C20H18NO4+. The van der Waals surface area contributed by atoms with E-state index in [2.05, 4.69) is 0 Å². The van der Waals surface area contributed by atoms with Crippen molar-refractivity contribution < 1.29 is 23.6 Å². The lowest BCUT2D eigenvalue weighted by Gasteiger charge is -2.10. The average Bonchev–Trinajstić information content (AvgIpc) is 2.65. The first-order valence-electron chi connectivity index (χ1n) is 7.78. The number of pyridine rings is 1. The van der Waals surface area contributed by atoms with Gasteiger partial charge in [0.05, 0.1) is 14.2 Å². The molecule has 3 aromatic rings. The minimum absolute atomic E-state index is 0.136. The monoisotopic (exact) mass is 336 g/mol. The topological polar surface area (TPSA) is 56.5 Å². The molecule has 0 atom stereocenters. The van der Waals surface area contributed by atoms with Crippen LogP contribution in [0.1, 0.15) is 26.4 Å². The number of esters is 2. The number of aromatic nitrogens is 1. The Bertz CT molecular complexity index is 961. The van der Waals surface area contributed by atoms with Gasteiger partial charge >= 0.3 is 17.6 Å². The molecule has 126 valence electrons. The van der Waals surface area contributed by atoms with Gasteiger partial charge in [0.25, 0.3) is 0 Å². The van der Waals surface area contributed by atoms with Crippen molar-refractivity contribution in [3.05, 3.63) is 71.5 Å². The van der Waals surface area contributed by atoms with Crippen LogP contribution in [0.4, 0.5) is 0 Å². The molecule has 0 amide bonds. The van der Waals surface area contributed by atoms with Gasteiger partial charge in [0.15, 0.2) is 6.20 Å². The van der Waals surface area contributed by atoms with E-state index < -0.39 is 11.9 Å². The molecule has 0 spiro atoms. The summed E-state index contributed by atoms with van der Waals surface area (Å²) in [5.41, 5.74) is 2.17. The number of hydrogen-bond acceptors (Lipinski definition) is 4. The Morgan fingerprint density at radius 3 is 2.16 bits per heavy atom. The summed E-state index contributed by atoms with van der Waals surface area (Å²) >= 11 is 0. The van der Waals surface area contributed by atoms with Crippen molar-refractivity contribution in [2.45, 2.75) is 6.92 Å². The molecule has 0 bridgehead atoms. The lowest BCUT2D eigenvalue weighted by Crippen LogP contribution is -2.40. The van der Waals surface area contributed by atoms with Crippen molar-refractivity contribution in [1.82, 2.24) is 0 Å². The number of ether oxygens (including phenoxy) is 2. The van der Waals surface area contributed by atoms with Gasteiger partial charge in [0.2, 0.25) is 5.69 Å². The molecule has 2 aromatic carbocycles. The van der Waals surface area contributed by atoms with Gasteiger partial charge in [-0.25, -0.2) is 9.59 Å². The fourth-order valence-corrected chi connectivity index (χ4v) is 2.80. The molecule has 0 radical (unpaired) electrons. The number of carbonyl (C=O) groups is 2. The summed E-state index contributed by atoms with van der Waals surface area (Å²) in [4.78, 5) is 25.0. The Hall–Kier alpha value is -3.21. The zero-order valence-corrected chi connectivity index (χ0v) is 14.3. The molecule has 0 saturated carbocycles. The molecule has 0 aliphatic heterocycles. The lowest BCUT2D eigenvalue weighted by molar-refractivity contribution is -0.597. The van der Waals surface area contributed by atoms with Crippen molar-refractivity contribution >= 4 is 22.7 Å². The molecule has 1 heterocycles. The quantitative estimate of drug-likeness (QED) is 0.545. The van der Waals surface area contributed by atoms with Crippen molar-refractivity contribution in [3.8, 4) is 5.69 Å². The predicted octanol–water partition coefficient (Wildman–Crippen LogP) is 3.00. The van der Waals surface area contributed by atoms with Gasteiger partial charge < -0.3 is 9.47 Å². The maximum Gasteiger partial charge on any atom is 0.404 e. The van der Waals surface area contributed by atoms with Gasteiger partial charge in [-0.1, -0.05) is 35.9 Å². The van der Waals surface area contributed by atoms with E-state index >= 15 is 0 Å². The normalized spacial score (nSPS) is 10.5. The molecular weight excluding hydrogens is 318 g/mol. The van der Waals surface area contributed by atoms with E-state index in [1.54, 1.807) is 10.6 Å². The number of hydrogen-bond donors (Lipinski definition) is 0. The Morgan fingerprint density at radius 1 is 0.880 bits per heavy atom. The summed E-state index contributed by atoms with van der Waals surface area (Å²) in [6, 6.07) is 15.0. The van der Waals surface area contributed by atoms with Crippen molar-refractivity contribution in [1.29, 1.82) is 0 Å². The van der Waals surface area contributed by atoms with Crippen molar-refractivity contribution in [2.75, 3.05) is 14.2 Å². The SMILES string of the molecule is COC(=O)c1c(C(=O)OC)[n+](-c2ccc(C)cc2)cc2ccccc12. The number of aryl methyl sites for hydroxylation is 1. The Kier molecular flexibility index (Phi) is 4.48. The molecule has 0 fully saturated rings. The number of fused-ring (bicyclic) bond motifs is 1. The highest BCUT2D eigenvalue weighted by Crippen LogP contribution is 2.22. The van der Waals surface area contributed by atoms with Gasteiger partial charge in [-0.3, -0.25) is 0 Å². The van der Waals surface area contributed by atoms with Crippen LogP contribution in [0.5, 0.6) is 0 Å². The second-order valence-corrected chi connectivity index (χ2v) is 5.63.